The number of phenolic OH excluding ortho intramolecular Hbond substituents is 1. The Morgan fingerprint density at radius 2 is 1.61 bits per heavy atom. The molecule has 0 aliphatic rings. The van der Waals surface area contributed by atoms with Crippen molar-refractivity contribution in [3.8, 4) is 5.75 Å². The zero-order valence-electron chi connectivity index (χ0n) is 17.2. The van der Waals surface area contributed by atoms with Gasteiger partial charge in [-0.25, -0.2) is 10.5 Å². The number of aromatic nitrogens is 2. The van der Waals surface area contributed by atoms with Crippen molar-refractivity contribution in [3.05, 3.63) is 106 Å². The number of carbonyl (C=O) groups is 2. The average molecular weight is 441 g/mol. The van der Waals surface area contributed by atoms with Crippen molar-refractivity contribution in [1.82, 2.24) is 20.9 Å². The fraction of sp³-hybridized carbons (Fsp3) is 0.0417. The molecule has 0 saturated carbocycles. The van der Waals surface area contributed by atoms with E-state index in [1.807, 2.05) is 0 Å². The molecule has 0 spiro atoms. The number of phenols is 1. The molecule has 0 aliphatic carbocycles. The van der Waals surface area contributed by atoms with E-state index in [2.05, 4.69) is 26.0 Å². The summed E-state index contributed by atoms with van der Waals surface area (Å²) in [5.41, 5.74) is 3.17. The van der Waals surface area contributed by atoms with Crippen molar-refractivity contribution in [2.45, 2.75) is 6.04 Å². The second kappa shape index (κ2) is 9.56. The Kier molecular flexibility index (Phi) is 6.21. The zero-order valence-corrected chi connectivity index (χ0v) is 17.2. The number of benzene rings is 3. The Balaban J connectivity index is 1.66. The number of hydrogen-bond acceptors (Lipinski definition) is 6. The lowest BCUT2D eigenvalue weighted by molar-refractivity contribution is -0.123. The van der Waals surface area contributed by atoms with Gasteiger partial charge in [0.1, 0.15) is 11.4 Å². The van der Waals surface area contributed by atoms with E-state index in [-0.39, 0.29) is 11.4 Å². The van der Waals surface area contributed by atoms with Crippen molar-refractivity contribution in [2.24, 2.45) is 5.10 Å². The molecular weight excluding hydrogens is 422 g/mol. The normalized spacial score (nSPS) is 11.9. The summed E-state index contributed by atoms with van der Waals surface area (Å²) in [6.07, 6.45) is 1.39. The molecule has 0 saturated heterocycles. The lowest BCUT2D eigenvalue weighted by Gasteiger charge is -2.18. The first kappa shape index (κ1) is 21.4. The van der Waals surface area contributed by atoms with Crippen LogP contribution < -0.4 is 16.3 Å². The van der Waals surface area contributed by atoms with E-state index < -0.39 is 23.4 Å². The molecule has 1 atom stereocenters. The van der Waals surface area contributed by atoms with Crippen LogP contribution in [0.25, 0.3) is 10.8 Å². The highest BCUT2D eigenvalue weighted by atomic mass is 16.3. The summed E-state index contributed by atoms with van der Waals surface area (Å²) < 4.78 is 0. The molecule has 1 aromatic heterocycles. The van der Waals surface area contributed by atoms with Crippen LogP contribution in [0.2, 0.25) is 0 Å². The number of hydrogen-bond donors (Lipinski definition) is 4. The first-order valence-electron chi connectivity index (χ1n) is 9.98. The molecular formula is C24H19N5O4. The van der Waals surface area contributed by atoms with Gasteiger partial charge >= 0.3 is 0 Å². The summed E-state index contributed by atoms with van der Waals surface area (Å²) in [5, 5.41) is 23.2. The number of aromatic amines is 1. The molecule has 4 N–H and O–H groups in total. The predicted molar refractivity (Wildman–Crippen MR) is 123 cm³/mol. The number of nitrogens with one attached hydrogen (secondary N) is 3. The molecule has 4 aromatic rings. The van der Waals surface area contributed by atoms with Crippen LogP contribution in [0, 0.1) is 0 Å². The van der Waals surface area contributed by atoms with Gasteiger partial charge in [-0.1, -0.05) is 36.4 Å². The number of H-pyrrole nitrogens is 1. The first-order chi connectivity index (χ1) is 16.0. The van der Waals surface area contributed by atoms with Gasteiger partial charge in [-0.05, 0) is 48.0 Å². The Labute approximate surface area is 187 Å². The fourth-order valence-electron chi connectivity index (χ4n) is 3.21. The fourth-order valence-corrected chi connectivity index (χ4v) is 3.21. The lowest BCUT2D eigenvalue weighted by Crippen LogP contribution is -2.40. The number of rotatable bonds is 6. The topological polar surface area (TPSA) is 137 Å². The molecule has 33 heavy (non-hydrogen) atoms. The third kappa shape index (κ3) is 4.93. The van der Waals surface area contributed by atoms with Crippen molar-refractivity contribution >= 4 is 28.8 Å². The van der Waals surface area contributed by atoms with E-state index in [4.69, 9.17) is 0 Å². The van der Waals surface area contributed by atoms with Crippen LogP contribution in [0.5, 0.6) is 5.75 Å². The SMILES string of the molecule is O=C(NC(C(=O)N/N=C/c1ccc(O)cc1)c1n[nH]c(=O)c2ccccc12)c1ccccc1. The van der Waals surface area contributed by atoms with Crippen LogP contribution in [0.1, 0.15) is 27.7 Å². The molecule has 4 rings (SSSR count). The van der Waals surface area contributed by atoms with Crippen LogP contribution in [0.4, 0.5) is 0 Å². The minimum absolute atomic E-state index is 0.107. The maximum atomic E-state index is 13.1. The van der Waals surface area contributed by atoms with Gasteiger partial charge in [0.2, 0.25) is 0 Å². The molecule has 0 bridgehead atoms. The smallest absolute Gasteiger partial charge is 0.272 e. The number of nitrogens with zero attached hydrogens (tertiary/aromatic N) is 2. The first-order valence-corrected chi connectivity index (χ1v) is 9.98. The molecule has 1 heterocycles. The Bertz CT molecular complexity index is 1380. The van der Waals surface area contributed by atoms with Crippen molar-refractivity contribution in [3.63, 3.8) is 0 Å². The zero-order chi connectivity index (χ0) is 23.2. The predicted octanol–water partition coefficient (Wildman–Crippen LogP) is 2.25. The summed E-state index contributed by atoms with van der Waals surface area (Å²) in [7, 11) is 0. The highest BCUT2D eigenvalue weighted by molar-refractivity contribution is 5.99. The third-order valence-corrected chi connectivity index (χ3v) is 4.85. The van der Waals surface area contributed by atoms with Crippen molar-refractivity contribution in [2.75, 3.05) is 0 Å². The highest BCUT2D eigenvalue weighted by Gasteiger charge is 2.27. The van der Waals surface area contributed by atoms with Crippen LogP contribution in [0.3, 0.4) is 0 Å². The second-order valence-corrected chi connectivity index (χ2v) is 7.08. The molecule has 2 amide bonds. The number of aromatic hydroxyl groups is 1. The monoisotopic (exact) mass is 441 g/mol. The van der Waals surface area contributed by atoms with Crippen molar-refractivity contribution < 1.29 is 14.7 Å². The van der Waals surface area contributed by atoms with Gasteiger partial charge in [0.05, 0.1) is 11.6 Å². The summed E-state index contributed by atoms with van der Waals surface area (Å²) in [6, 6.07) is 20.1. The van der Waals surface area contributed by atoms with Gasteiger partial charge in [0.25, 0.3) is 17.4 Å². The molecule has 9 nitrogen and oxygen atoms in total. The van der Waals surface area contributed by atoms with Crippen LogP contribution >= 0.6 is 0 Å². The Morgan fingerprint density at radius 3 is 2.33 bits per heavy atom. The molecule has 3 aromatic carbocycles. The summed E-state index contributed by atoms with van der Waals surface area (Å²) in [5.74, 6) is -1.04. The molecule has 0 aliphatic heterocycles. The minimum atomic E-state index is -1.24. The van der Waals surface area contributed by atoms with E-state index in [0.717, 1.165) is 0 Å². The number of hydrazone groups is 1. The number of carbonyl (C=O) groups excluding carboxylic acids is 2. The van der Waals surface area contributed by atoms with Crippen LogP contribution in [-0.2, 0) is 4.79 Å². The van der Waals surface area contributed by atoms with Gasteiger partial charge in [-0.3, -0.25) is 14.4 Å². The van der Waals surface area contributed by atoms with Gasteiger partial charge < -0.3 is 10.4 Å². The third-order valence-electron chi connectivity index (χ3n) is 4.85. The van der Waals surface area contributed by atoms with E-state index >= 15 is 0 Å². The second-order valence-electron chi connectivity index (χ2n) is 7.08. The molecule has 0 fully saturated rings. The maximum Gasteiger partial charge on any atom is 0.272 e. The summed E-state index contributed by atoms with van der Waals surface area (Å²) >= 11 is 0. The van der Waals surface area contributed by atoms with Crippen LogP contribution in [0.15, 0.2) is 88.8 Å². The van der Waals surface area contributed by atoms with E-state index in [1.54, 1.807) is 66.7 Å². The molecule has 9 heteroatoms. The minimum Gasteiger partial charge on any atom is -0.508 e. The summed E-state index contributed by atoms with van der Waals surface area (Å²) in [4.78, 5) is 38.1. The van der Waals surface area contributed by atoms with E-state index in [1.165, 1.54) is 18.3 Å². The lowest BCUT2D eigenvalue weighted by atomic mass is 10.0. The van der Waals surface area contributed by atoms with Crippen LogP contribution in [-0.4, -0.2) is 33.3 Å². The molecule has 1 unspecified atom stereocenters. The number of amides is 2. The quantitative estimate of drug-likeness (QED) is 0.269. The van der Waals surface area contributed by atoms with E-state index in [9.17, 15) is 19.5 Å². The molecule has 0 radical (unpaired) electrons. The van der Waals surface area contributed by atoms with Crippen molar-refractivity contribution in [1.29, 1.82) is 0 Å². The van der Waals surface area contributed by atoms with Gasteiger partial charge in [-0.15, -0.1) is 0 Å². The Hall–Kier alpha value is -4.79. The van der Waals surface area contributed by atoms with Gasteiger partial charge in [0.15, 0.2) is 6.04 Å². The van der Waals surface area contributed by atoms with Gasteiger partial charge in [0, 0.05) is 10.9 Å². The average Bonchev–Trinajstić information content (AvgIpc) is 2.85. The maximum absolute atomic E-state index is 13.1. The number of fused-ring (bicyclic) bond motifs is 1. The van der Waals surface area contributed by atoms with Gasteiger partial charge in [-0.2, -0.15) is 10.2 Å². The molecule has 164 valence electrons. The largest absolute Gasteiger partial charge is 0.508 e. The highest BCUT2D eigenvalue weighted by Crippen LogP contribution is 2.20. The summed E-state index contributed by atoms with van der Waals surface area (Å²) in [6.45, 7) is 0. The Morgan fingerprint density at radius 1 is 0.939 bits per heavy atom. The van der Waals surface area contributed by atoms with E-state index in [0.29, 0.717) is 21.9 Å². The standard InChI is InChI=1S/C24H19N5O4/c30-17-12-10-15(11-13-17)14-25-28-24(33)21(26-22(31)16-6-2-1-3-7-16)20-18-8-4-5-9-19(18)23(32)29-27-20/h1-14,21,30H,(H,26,31)(H,28,33)(H,29,32)/b25-14+.